The number of rotatable bonds is 8. The second kappa shape index (κ2) is 9.27. The molecule has 1 aliphatic rings. The summed E-state index contributed by atoms with van der Waals surface area (Å²) in [5, 5.41) is 19.2. The molecule has 32 heavy (non-hydrogen) atoms. The topological polar surface area (TPSA) is 134 Å². The number of nitrogens with zero attached hydrogens (tertiary/aromatic N) is 1. The number of fused-ring (bicyclic) bond motifs is 1. The molecule has 1 fully saturated rings. The third-order valence-corrected chi connectivity index (χ3v) is 5.93. The minimum Gasteiger partial charge on any atom is -0.480 e. The van der Waals surface area contributed by atoms with Crippen LogP contribution in [0, 0.1) is 0 Å². The highest BCUT2D eigenvalue weighted by atomic mass is 16.4. The van der Waals surface area contributed by atoms with Gasteiger partial charge < -0.3 is 19.2 Å². The standard InChI is InChI=1S/C23H25N3O6/c27-19(25-24-11-20(28)29)12-26-18-10-15(23(30)31)6-7-17(18)21(14-4-2-1-3-5-14)22(26)16-8-9-32-13-16/h6-10,13-14,24H,1-5,11-12H2,(H,25,27)(H,28,29)(H,30,31). The van der Waals surface area contributed by atoms with Crippen molar-refractivity contribution >= 4 is 28.7 Å². The van der Waals surface area contributed by atoms with Crippen LogP contribution in [-0.2, 0) is 16.1 Å². The van der Waals surface area contributed by atoms with Gasteiger partial charge in [-0.3, -0.25) is 15.0 Å². The molecule has 3 aromatic rings. The van der Waals surface area contributed by atoms with E-state index in [1.807, 2.05) is 12.1 Å². The van der Waals surface area contributed by atoms with Gasteiger partial charge in [-0.25, -0.2) is 10.2 Å². The summed E-state index contributed by atoms with van der Waals surface area (Å²) in [5.74, 6) is -2.29. The summed E-state index contributed by atoms with van der Waals surface area (Å²) in [6.07, 6.45) is 8.67. The van der Waals surface area contributed by atoms with Crippen LogP contribution in [-0.4, -0.2) is 39.2 Å². The molecular weight excluding hydrogens is 414 g/mol. The molecule has 1 aromatic carbocycles. The number of furan rings is 1. The fourth-order valence-corrected chi connectivity index (χ4v) is 4.59. The molecule has 1 amide bonds. The van der Waals surface area contributed by atoms with E-state index >= 15 is 0 Å². The summed E-state index contributed by atoms with van der Waals surface area (Å²) in [6.45, 7) is -0.525. The van der Waals surface area contributed by atoms with Crippen LogP contribution in [0.5, 0.6) is 0 Å². The number of hydrogen-bond acceptors (Lipinski definition) is 5. The van der Waals surface area contributed by atoms with Crippen molar-refractivity contribution in [1.82, 2.24) is 15.4 Å². The van der Waals surface area contributed by atoms with Gasteiger partial charge in [-0.2, -0.15) is 0 Å². The first kappa shape index (κ1) is 21.6. The van der Waals surface area contributed by atoms with E-state index in [4.69, 9.17) is 9.52 Å². The van der Waals surface area contributed by atoms with Gasteiger partial charge >= 0.3 is 11.9 Å². The van der Waals surface area contributed by atoms with Gasteiger partial charge in [0.15, 0.2) is 0 Å². The average Bonchev–Trinajstić information content (AvgIpc) is 3.40. The maximum Gasteiger partial charge on any atom is 0.335 e. The SMILES string of the molecule is O=C(O)CNNC(=O)Cn1c(-c2ccoc2)c(C2CCCCC2)c2ccc(C(=O)O)cc21. The summed E-state index contributed by atoms with van der Waals surface area (Å²) in [4.78, 5) is 35.0. The first-order chi connectivity index (χ1) is 15.5. The molecule has 2 heterocycles. The second-order valence-corrected chi connectivity index (χ2v) is 8.03. The number of carbonyl (C=O) groups is 3. The van der Waals surface area contributed by atoms with Crippen molar-refractivity contribution in [3.05, 3.63) is 47.9 Å². The van der Waals surface area contributed by atoms with E-state index in [2.05, 4.69) is 10.9 Å². The Labute approximate surface area is 184 Å². The third-order valence-electron chi connectivity index (χ3n) is 5.93. The molecule has 0 aliphatic heterocycles. The van der Waals surface area contributed by atoms with E-state index in [1.54, 1.807) is 29.2 Å². The number of amides is 1. The smallest absolute Gasteiger partial charge is 0.335 e. The van der Waals surface area contributed by atoms with Crippen molar-refractivity contribution in [1.29, 1.82) is 0 Å². The van der Waals surface area contributed by atoms with Crippen molar-refractivity contribution in [3.8, 4) is 11.3 Å². The number of nitrogens with one attached hydrogen (secondary N) is 2. The van der Waals surface area contributed by atoms with Gasteiger partial charge in [0.25, 0.3) is 5.91 Å². The Balaban J connectivity index is 1.85. The van der Waals surface area contributed by atoms with Gasteiger partial charge in [0.05, 0.1) is 29.3 Å². The zero-order chi connectivity index (χ0) is 22.7. The highest BCUT2D eigenvalue weighted by Crippen LogP contribution is 2.44. The Kier molecular flexibility index (Phi) is 6.27. The van der Waals surface area contributed by atoms with Crippen LogP contribution in [0.1, 0.15) is 53.9 Å². The summed E-state index contributed by atoms with van der Waals surface area (Å²) < 4.78 is 7.13. The highest BCUT2D eigenvalue weighted by Gasteiger charge is 2.28. The molecule has 168 valence electrons. The monoisotopic (exact) mass is 439 g/mol. The molecule has 0 unspecified atom stereocenters. The number of carboxylic acids is 2. The number of aromatic carboxylic acids is 1. The summed E-state index contributed by atoms with van der Waals surface area (Å²) >= 11 is 0. The van der Waals surface area contributed by atoms with Gasteiger partial charge in [0, 0.05) is 10.9 Å². The lowest BCUT2D eigenvalue weighted by Crippen LogP contribution is -2.42. The molecule has 0 radical (unpaired) electrons. The summed E-state index contributed by atoms with van der Waals surface area (Å²) in [5.41, 5.74) is 8.30. The van der Waals surface area contributed by atoms with Crippen molar-refractivity contribution in [2.24, 2.45) is 0 Å². The van der Waals surface area contributed by atoms with Crippen LogP contribution >= 0.6 is 0 Å². The van der Waals surface area contributed by atoms with Crippen LogP contribution < -0.4 is 10.9 Å². The number of aliphatic carboxylic acids is 1. The number of carbonyl (C=O) groups excluding carboxylic acids is 1. The molecule has 0 bridgehead atoms. The predicted octanol–water partition coefficient (Wildman–Crippen LogP) is 3.35. The Bertz CT molecular complexity index is 1140. The molecule has 9 nitrogen and oxygen atoms in total. The van der Waals surface area contributed by atoms with Crippen LogP contribution in [0.4, 0.5) is 0 Å². The maximum absolute atomic E-state index is 12.6. The molecule has 4 rings (SSSR count). The number of hydrazine groups is 1. The first-order valence-electron chi connectivity index (χ1n) is 10.6. The number of benzene rings is 1. The molecule has 0 saturated heterocycles. The Morgan fingerprint density at radius 3 is 2.53 bits per heavy atom. The molecule has 0 spiro atoms. The molecular formula is C23H25N3O6. The van der Waals surface area contributed by atoms with Crippen molar-refractivity contribution in [2.45, 2.75) is 44.6 Å². The Morgan fingerprint density at radius 2 is 1.88 bits per heavy atom. The summed E-state index contributed by atoms with van der Waals surface area (Å²) in [7, 11) is 0. The highest BCUT2D eigenvalue weighted by molar-refractivity contribution is 5.99. The number of hydrogen-bond donors (Lipinski definition) is 4. The lowest BCUT2D eigenvalue weighted by atomic mass is 9.82. The molecule has 9 heteroatoms. The number of aromatic nitrogens is 1. The Morgan fingerprint density at radius 1 is 1.09 bits per heavy atom. The van der Waals surface area contributed by atoms with Gasteiger partial charge in [0.1, 0.15) is 13.1 Å². The summed E-state index contributed by atoms with van der Waals surface area (Å²) in [6, 6.07) is 6.83. The van der Waals surface area contributed by atoms with E-state index in [0.717, 1.165) is 47.9 Å². The predicted molar refractivity (Wildman–Crippen MR) is 116 cm³/mol. The quantitative estimate of drug-likeness (QED) is 0.396. The zero-order valence-corrected chi connectivity index (χ0v) is 17.5. The minimum atomic E-state index is -1.10. The largest absolute Gasteiger partial charge is 0.480 e. The van der Waals surface area contributed by atoms with Crippen molar-refractivity contribution < 1.29 is 29.0 Å². The molecule has 1 saturated carbocycles. The van der Waals surface area contributed by atoms with E-state index in [9.17, 15) is 19.5 Å². The number of carboxylic acid groups (broad SMARTS) is 2. The van der Waals surface area contributed by atoms with E-state index < -0.39 is 24.4 Å². The lowest BCUT2D eigenvalue weighted by Gasteiger charge is -2.23. The molecule has 2 aromatic heterocycles. The minimum absolute atomic E-state index is 0.112. The fraction of sp³-hybridized carbons (Fsp3) is 0.348. The van der Waals surface area contributed by atoms with Gasteiger partial charge in [-0.15, -0.1) is 0 Å². The Hall–Kier alpha value is -3.59. The molecule has 1 aliphatic carbocycles. The van der Waals surface area contributed by atoms with Crippen LogP contribution in [0.25, 0.3) is 22.2 Å². The molecule has 0 atom stereocenters. The van der Waals surface area contributed by atoms with E-state index in [-0.39, 0.29) is 12.1 Å². The fourth-order valence-electron chi connectivity index (χ4n) is 4.59. The zero-order valence-electron chi connectivity index (χ0n) is 17.5. The van der Waals surface area contributed by atoms with E-state index in [1.165, 1.54) is 6.42 Å². The van der Waals surface area contributed by atoms with Crippen LogP contribution in [0.15, 0.2) is 41.2 Å². The second-order valence-electron chi connectivity index (χ2n) is 8.03. The van der Waals surface area contributed by atoms with Gasteiger partial charge in [-0.1, -0.05) is 25.3 Å². The van der Waals surface area contributed by atoms with Gasteiger partial charge in [0.2, 0.25) is 0 Å². The lowest BCUT2D eigenvalue weighted by molar-refractivity contribution is -0.136. The average molecular weight is 439 g/mol. The normalized spacial score (nSPS) is 14.5. The van der Waals surface area contributed by atoms with Crippen LogP contribution in [0.3, 0.4) is 0 Å². The first-order valence-corrected chi connectivity index (χ1v) is 10.6. The third kappa shape index (κ3) is 4.38. The van der Waals surface area contributed by atoms with Crippen molar-refractivity contribution in [3.63, 3.8) is 0 Å². The van der Waals surface area contributed by atoms with Crippen molar-refractivity contribution in [2.75, 3.05) is 6.54 Å². The molecule has 4 N–H and O–H groups in total. The van der Waals surface area contributed by atoms with Gasteiger partial charge in [-0.05, 0) is 42.5 Å². The van der Waals surface area contributed by atoms with Crippen LogP contribution in [0.2, 0.25) is 0 Å². The maximum atomic E-state index is 12.6. The van der Waals surface area contributed by atoms with E-state index in [0.29, 0.717) is 11.4 Å².